The van der Waals surface area contributed by atoms with E-state index in [9.17, 15) is 0 Å². The normalized spacial score (nSPS) is 19.9. The van der Waals surface area contributed by atoms with E-state index in [1.807, 2.05) is 30.3 Å². The maximum absolute atomic E-state index is 4.94. The largest absolute Gasteiger partial charge is 0.256 e. The maximum atomic E-state index is 4.94. The number of amidine groups is 1. The molecule has 1 heterocycles. The van der Waals surface area contributed by atoms with E-state index in [1.54, 1.807) is 0 Å². The average molecular weight is 297 g/mol. The lowest BCUT2D eigenvalue weighted by Gasteiger charge is -2.17. The van der Waals surface area contributed by atoms with Crippen molar-refractivity contribution in [1.29, 1.82) is 0 Å². The van der Waals surface area contributed by atoms with Crippen molar-refractivity contribution in [1.82, 2.24) is 5.32 Å². The van der Waals surface area contributed by atoms with Gasteiger partial charge in [-0.3, -0.25) is 10.3 Å². The van der Waals surface area contributed by atoms with Gasteiger partial charge in [-0.1, -0.05) is 91.0 Å². The van der Waals surface area contributed by atoms with Gasteiger partial charge in [-0.25, -0.2) is 0 Å². The highest BCUT2D eigenvalue weighted by molar-refractivity contribution is 6.00. The summed E-state index contributed by atoms with van der Waals surface area (Å²) in [6.07, 6.45) is 0. The van der Waals surface area contributed by atoms with Crippen LogP contribution >= 0.6 is 0 Å². The summed E-state index contributed by atoms with van der Waals surface area (Å²) in [6, 6.07) is 31.1. The van der Waals surface area contributed by atoms with Gasteiger partial charge < -0.3 is 0 Å². The third-order valence-corrected chi connectivity index (χ3v) is 4.14. The molecule has 1 aliphatic rings. The van der Waals surface area contributed by atoms with E-state index in [2.05, 4.69) is 60.7 Å². The molecule has 4 rings (SSSR count). The quantitative estimate of drug-likeness (QED) is 0.679. The molecule has 0 fully saturated rings. The van der Waals surface area contributed by atoms with Crippen LogP contribution < -0.4 is 5.32 Å². The molecule has 2 unspecified atom stereocenters. The number of benzene rings is 3. The Morgan fingerprint density at radius 1 is 0.522 bits per heavy atom. The standard InChI is InChI=1S/C21H17N2/c1-4-10-16(11-5-1)19-20(17-12-6-2-7-13-17)23-21(22-19)18-14-8-3-9-15-18/h1-15,19-20H. The predicted molar refractivity (Wildman–Crippen MR) is 93.5 cm³/mol. The number of hydrogen-bond acceptors (Lipinski definition) is 1. The SMILES string of the molecule is c1ccc(C2=NC(c3ccccc3)C(c3ccccc3)[N]2)cc1. The fourth-order valence-corrected chi connectivity index (χ4v) is 2.99. The van der Waals surface area contributed by atoms with Gasteiger partial charge >= 0.3 is 0 Å². The van der Waals surface area contributed by atoms with Crippen LogP contribution in [0.5, 0.6) is 0 Å². The molecule has 1 radical (unpaired) electrons. The van der Waals surface area contributed by atoms with Gasteiger partial charge in [0.05, 0.1) is 0 Å². The first-order valence-electron chi connectivity index (χ1n) is 7.86. The average Bonchev–Trinajstić information content (AvgIpc) is 3.09. The van der Waals surface area contributed by atoms with Gasteiger partial charge in [0.25, 0.3) is 0 Å². The molecule has 0 N–H and O–H groups in total. The van der Waals surface area contributed by atoms with Crippen molar-refractivity contribution in [3.63, 3.8) is 0 Å². The molecule has 0 saturated heterocycles. The van der Waals surface area contributed by atoms with Gasteiger partial charge in [0.15, 0.2) is 5.84 Å². The highest BCUT2D eigenvalue weighted by atomic mass is 15.1. The smallest absolute Gasteiger partial charge is 0.151 e. The van der Waals surface area contributed by atoms with Crippen LogP contribution in [0.2, 0.25) is 0 Å². The van der Waals surface area contributed by atoms with Crippen molar-refractivity contribution in [3.05, 3.63) is 108 Å². The molecular weight excluding hydrogens is 280 g/mol. The van der Waals surface area contributed by atoms with Crippen LogP contribution in [0.3, 0.4) is 0 Å². The molecule has 0 aromatic heterocycles. The molecule has 2 heteroatoms. The number of rotatable bonds is 3. The van der Waals surface area contributed by atoms with Gasteiger partial charge in [-0.15, -0.1) is 0 Å². The molecule has 2 atom stereocenters. The van der Waals surface area contributed by atoms with E-state index in [-0.39, 0.29) is 12.1 Å². The summed E-state index contributed by atoms with van der Waals surface area (Å²) in [5.74, 6) is 0.841. The first-order valence-corrected chi connectivity index (χ1v) is 7.86. The zero-order chi connectivity index (χ0) is 15.5. The van der Waals surface area contributed by atoms with Crippen LogP contribution in [-0.2, 0) is 0 Å². The summed E-state index contributed by atoms with van der Waals surface area (Å²) >= 11 is 0. The first-order chi connectivity index (χ1) is 11.4. The van der Waals surface area contributed by atoms with E-state index >= 15 is 0 Å². The molecule has 0 spiro atoms. The minimum atomic E-state index is 0.0359. The van der Waals surface area contributed by atoms with E-state index < -0.39 is 0 Å². The summed E-state index contributed by atoms with van der Waals surface area (Å²) in [5.41, 5.74) is 3.49. The first kappa shape index (κ1) is 13.8. The molecule has 3 aromatic rings. The lowest BCUT2D eigenvalue weighted by atomic mass is 9.95. The van der Waals surface area contributed by atoms with Crippen LogP contribution in [0.15, 0.2) is 96.0 Å². The van der Waals surface area contributed by atoms with Crippen LogP contribution in [0.1, 0.15) is 28.8 Å². The summed E-state index contributed by atoms with van der Waals surface area (Å²) in [7, 11) is 0. The molecule has 0 aliphatic carbocycles. The highest BCUT2D eigenvalue weighted by Gasteiger charge is 2.33. The fraction of sp³-hybridized carbons (Fsp3) is 0.0952. The molecule has 1 aliphatic heterocycles. The highest BCUT2D eigenvalue weighted by Crippen LogP contribution is 2.37. The second-order valence-electron chi connectivity index (χ2n) is 5.66. The molecule has 2 nitrogen and oxygen atoms in total. The Balaban J connectivity index is 1.75. The Morgan fingerprint density at radius 2 is 1.00 bits per heavy atom. The topological polar surface area (TPSA) is 26.5 Å². The predicted octanol–water partition coefficient (Wildman–Crippen LogP) is 4.53. The van der Waals surface area contributed by atoms with Crippen molar-refractivity contribution in [2.45, 2.75) is 12.1 Å². The Labute approximate surface area is 136 Å². The molecule has 0 amide bonds. The molecular formula is C21H17N2. The van der Waals surface area contributed by atoms with Gasteiger partial charge in [-0.05, 0) is 11.1 Å². The Morgan fingerprint density at radius 3 is 1.57 bits per heavy atom. The lowest BCUT2D eigenvalue weighted by molar-refractivity contribution is 0.566. The molecule has 23 heavy (non-hydrogen) atoms. The Kier molecular flexibility index (Phi) is 3.65. The zero-order valence-corrected chi connectivity index (χ0v) is 12.7. The minimum absolute atomic E-state index is 0.0359. The summed E-state index contributed by atoms with van der Waals surface area (Å²) in [6.45, 7) is 0. The van der Waals surface area contributed by atoms with Crippen molar-refractivity contribution < 1.29 is 0 Å². The zero-order valence-electron chi connectivity index (χ0n) is 12.7. The van der Waals surface area contributed by atoms with Gasteiger partial charge in [0, 0.05) is 5.56 Å². The molecule has 0 saturated carbocycles. The van der Waals surface area contributed by atoms with Crippen molar-refractivity contribution in [2.75, 3.05) is 0 Å². The van der Waals surface area contributed by atoms with Crippen molar-refractivity contribution >= 4 is 5.84 Å². The molecule has 3 aromatic carbocycles. The Bertz CT molecular complexity index is 795. The maximum Gasteiger partial charge on any atom is 0.151 e. The van der Waals surface area contributed by atoms with Gasteiger partial charge in [0.2, 0.25) is 0 Å². The number of nitrogens with zero attached hydrogens (tertiary/aromatic N) is 2. The van der Waals surface area contributed by atoms with E-state index in [1.165, 1.54) is 11.1 Å². The number of aliphatic imine (C=N–C) groups is 1. The van der Waals surface area contributed by atoms with Crippen LogP contribution in [0.25, 0.3) is 0 Å². The van der Waals surface area contributed by atoms with Crippen molar-refractivity contribution in [2.24, 2.45) is 4.99 Å². The van der Waals surface area contributed by atoms with E-state index in [4.69, 9.17) is 10.3 Å². The summed E-state index contributed by atoms with van der Waals surface area (Å²) in [5, 5.41) is 4.94. The molecule has 111 valence electrons. The van der Waals surface area contributed by atoms with Gasteiger partial charge in [-0.2, -0.15) is 0 Å². The van der Waals surface area contributed by atoms with Crippen LogP contribution in [0.4, 0.5) is 0 Å². The van der Waals surface area contributed by atoms with Crippen molar-refractivity contribution in [3.8, 4) is 0 Å². The second-order valence-corrected chi connectivity index (χ2v) is 5.66. The summed E-state index contributed by atoms with van der Waals surface area (Å²) in [4.78, 5) is 4.94. The van der Waals surface area contributed by atoms with E-state index in [0.29, 0.717) is 0 Å². The monoisotopic (exact) mass is 297 g/mol. The second kappa shape index (κ2) is 6.09. The molecule has 0 bridgehead atoms. The van der Waals surface area contributed by atoms with Crippen LogP contribution in [-0.4, -0.2) is 5.84 Å². The Hall–Kier alpha value is -2.87. The third-order valence-electron chi connectivity index (χ3n) is 4.14. The third kappa shape index (κ3) is 2.76. The lowest BCUT2D eigenvalue weighted by Crippen LogP contribution is -2.18. The van der Waals surface area contributed by atoms with Gasteiger partial charge in [0.1, 0.15) is 12.1 Å². The number of hydrogen-bond donors (Lipinski definition) is 0. The van der Waals surface area contributed by atoms with E-state index in [0.717, 1.165) is 11.4 Å². The summed E-state index contributed by atoms with van der Waals surface area (Å²) < 4.78 is 0. The minimum Gasteiger partial charge on any atom is -0.256 e. The van der Waals surface area contributed by atoms with Crippen LogP contribution in [0, 0.1) is 0 Å². The fourth-order valence-electron chi connectivity index (χ4n) is 2.99.